The van der Waals surface area contributed by atoms with E-state index in [0.29, 0.717) is 19.6 Å². The summed E-state index contributed by atoms with van der Waals surface area (Å²) < 4.78 is 5.36. The second-order valence-corrected chi connectivity index (χ2v) is 5.07. The van der Waals surface area contributed by atoms with Crippen LogP contribution in [0.1, 0.15) is 5.56 Å². The Bertz CT molecular complexity index is 588. The van der Waals surface area contributed by atoms with Crippen LogP contribution in [0.2, 0.25) is 0 Å². The third kappa shape index (κ3) is 3.00. The number of H-pyrrole nitrogens is 1. The number of aromatic amines is 1. The number of carbonyl (C=O) groups is 1. The molecule has 3 rings (SSSR count). The van der Waals surface area contributed by atoms with Gasteiger partial charge >= 0.3 is 0 Å². The molecule has 0 spiro atoms. The second kappa shape index (κ2) is 6.07. The summed E-state index contributed by atoms with van der Waals surface area (Å²) in [5.74, 6) is 0.0436. The first-order valence-electron chi connectivity index (χ1n) is 6.96. The average Bonchev–Trinajstić information content (AvgIpc) is 2.90. The highest BCUT2D eigenvalue weighted by Crippen LogP contribution is 2.17. The standard InChI is InChI=1S/C15H19N3O2/c19-15(18-9-12-10-20-6-5-16-12)7-11-8-17-14-4-2-1-3-13(11)14/h1-4,8,12,16-17H,5-7,9-10H2,(H,18,19). The molecular formula is C15H19N3O2. The molecule has 1 atom stereocenters. The van der Waals surface area contributed by atoms with Crippen LogP contribution in [0.4, 0.5) is 0 Å². The molecule has 3 N–H and O–H groups in total. The van der Waals surface area contributed by atoms with Crippen LogP contribution < -0.4 is 10.6 Å². The summed E-state index contributed by atoms with van der Waals surface area (Å²) in [6.07, 6.45) is 2.31. The minimum Gasteiger partial charge on any atom is -0.378 e. The zero-order valence-electron chi connectivity index (χ0n) is 11.3. The molecule has 1 aromatic heterocycles. The fourth-order valence-corrected chi connectivity index (χ4v) is 2.50. The normalized spacial score (nSPS) is 19.1. The molecule has 1 aromatic carbocycles. The van der Waals surface area contributed by atoms with Crippen LogP contribution >= 0.6 is 0 Å². The minimum atomic E-state index is 0.0436. The Morgan fingerprint density at radius 1 is 1.40 bits per heavy atom. The summed E-state index contributed by atoms with van der Waals surface area (Å²) in [4.78, 5) is 15.2. The quantitative estimate of drug-likeness (QED) is 0.772. The Hall–Kier alpha value is -1.85. The summed E-state index contributed by atoms with van der Waals surface area (Å²) >= 11 is 0. The zero-order chi connectivity index (χ0) is 13.8. The van der Waals surface area contributed by atoms with Crippen LogP contribution in [0.3, 0.4) is 0 Å². The van der Waals surface area contributed by atoms with Crippen molar-refractivity contribution in [3.8, 4) is 0 Å². The maximum atomic E-state index is 12.0. The van der Waals surface area contributed by atoms with Gasteiger partial charge in [0.2, 0.25) is 5.91 Å². The molecule has 2 aromatic rings. The Kier molecular flexibility index (Phi) is 3.99. The van der Waals surface area contributed by atoms with Crippen molar-refractivity contribution in [2.24, 2.45) is 0 Å². The van der Waals surface area contributed by atoms with E-state index in [0.717, 1.165) is 29.6 Å². The number of morpholine rings is 1. The van der Waals surface area contributed by atoms with Crippen molar-refractivity contribution >= 4 is 16.8 Å². The SMILES string of the molecule is O=C(Cc1c[nH]c2ccccc12)NCC1COCCN1. The van der Waals surface area contributed by atoms with Crippen molar-refractivity contribution < 1.29 is 9.53 Å². The van der Waals surface area contributed by atoms with E-state index in [9.17, 15) is 4.79 Å². The zero-order valence-corrected chi connectivity index (χ0v) is 11.3. The predicted octanol–water partition coefficient (Wildman–Crippen LogP) is 0.815. The van der Waals surface area contributed by atoms with E-state index in [1.807, 2.05) is 30.5 Å². The van der Waals surface area contributed by atoms with Crippen LogP contribution in [0.5, 0.6) is 0 Å². The number of rotatable bonds is 4. The summed E-state index contributed by atoms with van der Waals surface area (Å²) in [6.45, 7) is 2.87. The summed E-state index contributed by atoms with van der Waals surface area (Å²) in [5, 5.41) is 7.39. The van der Waals surface area contributed by atoms with Gasteiger partial charge in [-0.1, -0.05) is 18.2 Å². The van der Waals surface area contributed by atoms with Crippen LogP contribution in [0.25, 0.3) is 10.9 Å². The molecule has 1 amide bonds. The number of benzene rings is 1. The topological polar surface area (TPSA) is 66.2 Å². The third-order valence-corrected chi connectivity index (χ3v) is 3.57. The van der Waals surface area contributed by atoms with Gasteiger partial charge in [-0.3, -0.25) is 4.79 Å². The Morgan fingerprint density at radius 2 is 2.30 bits per heavy atom. The second-order valence-electron chi connectivity index (χ2n) is 5.07. The highest BCUT2D eigenvalue weighted by atomic mass is 16.5. The first-order chi connectivity index (χ1) is 9.83. The molecule has 2 heterocycles. The van der Waals surface area contributed by atoms with E-state index in [1.165, 1.54) is 0 Å². The molecule has 0 bridgehead atoms. The number of fused-ring (bicyclic) bond motifs is 1. The molecule has 20 heavy (non-hydrogen) atoms. The highest BCUT2D eigenvalue weighted by Gasteiger charge is 2.14. The number of para-hydroxylation sites is 1. The lowest BCUT2D eigenvalue weighted by molar-refractivity contribution is -0.120. The lowest BCUT2D eigenvalue weighted by atomic mass is 10.1. The van der Waals surface area contributed by atoms with Crippen molar-refractivity contribution in [1.82, 2.24) is 15.6 Å². The van der Waals surface area contributed by atoms with Gasteiger partial charge in [-0.15, -0.1) is 0 Å². The number of carbonyl (C=O) groups excluding carboxylic acids is 1. The smallest absolute Gasteiger partial charge is 0.224 e. The van der Waals surface area contributed by atoms with Crippen LogP contribution in [0.15, 0.2) is 30.5 Å². The van der Waals surface area contributed by atoms with E-state index in [4.69, 9.17) is 4.74 Å². The number of ether oxygens (including phenoxy) is 1. The fraction of sp³-hybridized carbons (Fsp3) is 0.400. The summed E-state index contributed by atoms with van der Waals surface area (Å²) in [5.41, 5.74) is 2.10. The minimum absolute atomic E-state index is 0.0436. The van der Waals surface area contributed by atoms with Crippen LogP contribution in [-0.4, -0.2) is 43.2 Å². The van der Waals surface area contributed by atoms with Gasteiger partial charge in [-0.05, 0) is 11.6 Å². The van der Waals surface area contributed by atoms with Crippen molar-refractivity contribution in [2.45, 2.75) is 12.5 Å². The first kappa shape index (κ1) is 13.1. The molecule has 5 nitrogen and oxygen atoms in total. The molecule has 0 radical (unpaired) electrons. The molecule has 1 aliphatic rings. The van der Waals surface area contributed by atoms with E-state index in [-0.39, 0.29) is 11.9 Å². The largest absolute Gasteiger partial charge is 0.378 e. The van der Waals surface area contributed by atoms with E-state index >= 15 is 0 Å². The van der Waals surface area contributed by atoms with Crippen LogP contribution in [-0.2, 0) is 16.0 Å². The van der Waals surface area contributed by atoms with Gasteiger partial charge in [-0.25, -0.2) is 0 Å². The summed E-state index contributed by atoms with van der Waals surface area (Å²) in [6, 6.07) is 8.24. The van der Waals surface area contributed by atoms with Gasteiger partial charge in [0.25, 0.3) is 0 Å². The molecular weight excluding hydrogens is 254 g/mol. The van der Waals surface area contributed by atoms with Gasteiger partial charge < -0.3 is 20.4 Å². The number of aromatic nitrogens is 1. The van der Waals surface area contributed by atoms with Gasteiger partial charge in [0.15, 0.2) is 0 Å². The van der Waals surface area contributed by atoms with Gasteiger partial charge in [0, 0.05) is 36.2 Å². The lowest BCUT2D eigenvalue weighted by Crippen LogP contribution is -2.48. The number of amides is 1. The highest BCUT2D eigenvalue weighted by molar-refractivity contribution is 5.88. The number of hydrogen-bond donors (Lipinski definition) is 3. The van der Waals surface area contributed by atoms with Gasteiger partial charge in [0.05, 0.1) is 19.6 Å². The summed E-state index contributed by atoms with van der Waals surface area (Å²) in [7, 11) is 0. The lowest BCUT2D eigenvalue weighted by Gasteiger charge is -2.23. The molecule has 1 unspecified atom stereocenters. The van der Waals surface area contributed by atoms with Crippen LogP contribution in [0, 0.1) is 0 Å². The van der Waals surface area contributed by atoms with Crippen molar-refractivity contribution in [1.29, 1.82) is 0 Å². The number of hydrogen-bond acceptors (Lipinski definition) is 3. The Labute approximate surface area is 117 Å². The number of nitrogens with one attached hydrogen (secondary N) is 3. The monoisotopic (exact) mass is 273 g/mol. The van der Waals surface area contributed by atoms with Crippen molar-refractivity contribution in [3.63, 3.8) is 0 Å². The Morgan fingerprint density at radius 3 is 3.15 bits per heavy atom. The molecule has 5 heteroatoms. The molecule has 0 saturated carbocycles. The third-order valence-electron chi connectivity index (χ3n) is 3.57. The molecule has 106 valence electrons. The fourth-order valence-electron chi connectivity index (χ4n) is 2.50. The molecule has 1 saturated heterocycles. The Balaban J connectivity index is 1.55. The average molecular weight is 273 g/mol. The predicted molar refractivity (Wildman–Crippen MR) is 77.6 cm³/mol. The van der Waals surface area contributed by atoms with E-state index < -0.39 is 0 Å². The molecule has 1 aliphatic heterocycles. The van der Waals surface area contributed by atoms with Crippen molar-refractivity contribution in [3.05, 3.63) is 36.0 Å². The van der Waals surface area contributed by atoms with E-state index in [2.05, 4.69) is 15.6 Å². The molecule has 1 fully saturated rings. The van der Waals surface area contributed by atoms with Gasteiger partial charge in [-0.2, -0.15) is 0 Å². The maximum Gasteiger partial charge on any atom is 0.224 e. The maximum absolute atomic E-state index is 12.0. The van der Waals surface area contributed by atoms with Gasteiger partial charge in [0.1, 0.15) is 0 Å². The first-order valence-corrected chi connectivity index (χ1v) is 6.96. The van der Waals surface area contributed by atoms with E-state index in [1.54, 1.807) is 0 Å². The molecule has 0 aliphatic carbocycles. The van der Waals surface area contributed by atoms with Crippen molar-refractivity contribution in [2.75, 3.05) is 26.3 Å².